The Morgan fingerprint density at radius 1 is 1.11 bits per heavy atom. The Kier molecular flexibility index (Phi) is 2.08. The molecule has 0 aliphatic carbocycles. The Labute approximate surface area is 115 Å². The number of rotatable bonds is 0. The van der Waals surface area contributed by atoms with E-state index in [-0.39, 0.29) is 5.56 Å². The SMILES string of the molecule is O=c1c2cc(Br)ccc2nc2c3ccccc3[nH]n12. The van der Waals surface area contributed by atoms with Crippen LogP contribution in [0.5, 0.6) is 0 Å². The van der Waals surface area contributed by atoms with Gasteiger partial charge in [-0.2, -0.15) is 4.52 Å². The van der Waals surface area contributed by atoms with Crippen LogP contribution in [-0.2, 0) is 0 Å². The monoisotopic (exact) mass is 313 g/mol. The van der Waals surface area contributed by atoms with E-state index in [0.717, 1.165) is 15.4 Å². The maximum absolute atomic E-state index is 12.5. The fourth-order valence-electron chi connectivity index (χ4n) is 2.34. The van der Waals surface area contributed by atoms with Crippen LogP contribution >= 0.6 is 15.9 Å². The minimum Gasteiger partial charge on any atom is -0.289 e. The molecule has 5 heteroatoms. The van der Waals surface area contributed by atoms with Gasteiger partial charge in [0.2, 0.25) is 0 Å². The fourth-order valence-corrected chi connectivity index (χ4v) is 2.70. The van der Waals surface area contributed by atoms with E-state index >= 15 is 0 Å². The Balaban J connectivity index is 2.33. The number of nitrogens with one attached hydrogen (secondary N) is 1. The fraction of sp³-hybridized carbons (Fsp3) is 0. The van der Waals surface area contributed by atoms with E-state index < -0.39 is 0 Å². The van der Waals surface area contributed by atoms with Crippen molar-refractivity contribution in [3.8, 4) is 0 Å². The summed E-state index contributed by atoms with van der Waals surface area (Å²) in [6, 6.07) is 13.3. The third-order valence-corrected chi connectivity index (χ3v) is 3.72. The molecular weight excluding hydrogens is 306 g/mol. The molecule has 2 heterocycles. The van der Waals surface area contributed by atoms with Crippen molar-refractivity contribution in [1.29, 1.82) is 0 Å². The van der Waals surface area contributed by atoms with E-state index in [1.807, 2.05) is 36.4 Å². The Hall–Kier alpha value is -2.14. The van der Waals surface area contributed by atoms with Gasteiger partial charge in [0.05, 0.1) is 16.4 Å². The third kappa shape index (κ3) is 1.45. The van der Waals surface area contributed by atoms with Crippen LogP contribution in [0.25, 0.3) is 27.5 Å². The van der Waals surface area contributed by atoms with Gasteiger partial charge >= 0.3 is 0 Å². The van der Waals surface area contributed by atoms with Crippen LogP contribution in [0.2, 0.25) is 0 Å². The molecule has 19 heavy (non-hydrogen) atoms. The van der Waals surface area contributed by atoms with Crippen molar-refractivity contribution in [2.75, 3.05) is 0 Å². The molecule has 1 N–H and O–H groups in total. The van der Waals surface area contributed by atoms with Crippen molar-refractivity contribution >= 4 is 43.4 Å². The number of halogens is 1. The maximum atomic E-state index is 12.5. The van der Waals surface area contributed by atoms with Gasteiger partial charge < -0.3 is 0 Å². The quantitative estimate of drug-likeness (QED) is 0.542. The molecule has 4 aromatic rings. The molecule has 0 unspecified atom stereocenters. The van der Waals surface area contributed by atoms with E-state index in [0.29, 0.717) is 16.6 Å². The molecule has 0 saturated heterocycles. The smallest absolute Gasteiger partial charge is 0.280 e. The molecule has 0 amide bonds. The molecule has 4 rings (SSSR count). The minimum absolute atomic E-state index is 0.0856. The minimum atomic E-state index is -0.0856. The highest BCUT2D eigenvalue weighted by atomic mass is 79.9. The lowest BCUT2D eigenvalue weighted by molar-refractivity contribution is 0.932. The highest BCUT2D eigenvalue weighted by Crippen LogP contribution is 2.20. The molecule has 0 radical (unpaired) electrons. The number of nitrogens with zero attached hydrogens (tertiary/aromatic N) is 2. The number of hydrogen-bond donors (Lipinski definition) is 1. The first-order valence-electron chi connectivity index (χ1n) is 5.83. The third-order valence-electron chi connectivity index (χ3n) is 3.23. The van der Waals surface area contributed by atoms with Gasteiger partial charge in [-0.15, -0.1) is 0 Å². The summed E-state index contributed by atoms with van der Waals surface area (Å²) in [7, 11) is 0. The number of aromatic nitrogens is 3. The molecule has 0 spiro atoms. The molecule has 0 bridgehead atoms. The molecule has 0 fully saturated rings. The summed E-state index contributed by atoms with van der Waals surface area (Å²) in [6.07, 6.45) is 0. The van der Waals surface area contributed by atoms with Gasteiger partial charge in [-0.05, 0) is 30.3 Å². The summed E-state index contributed by atoms with van der Waals surface area (Å²) < 4.78 is 2.37. The molecule has 2 aromatic heterocycles. The summed E-state index contributed by atoms with van der Waals surface area (Å²) in [5, 5.41) is 4.63. The number of para-hydroxylation sites is 1. The van der Waals surface area contributed by atoms with Gasteiger partial charge in [0, 0.05) is 9.86 Å². The number of hydrogen-bond acceptors (Lipinski definition) is 2. The maximum Gasteiger partial charge on any atom is 0.280 e. The Morgan fingerprint density at radius 2 is 1.95 bits per heavy atom. The summed E-state index contributed by atoms with van der Waals surface area (Å²) in [5.74, 6) is 0. The number of benzene rings is 2. The van der Waals surface area contributed by atoms with E-state index in [1.54, 1.807) is 6.07 Å². The first-order valence-corrected chi connectivity index (χ1v) is 6.62. The van der Waals surface area contributed by atoms with Crippen LogP contribution in [0.4, 0.5) is 0 Å². The summed E-state index contributed by atoms with van der Waals surface area (Å²) in [4.78, 5) is 17.1. The van der Waals surface area contributed by atoms with Gasteiger partial charge in [-0.25, -0.2) is 4.98 Å². The van der Waals surface area contributed by atoms with Crippen LogP contribution in [0.1, 0.15) is 0 Å². The van der Waals surface area contributed by atoms with E-state index in [4.69, 9.17) is 0 Å². The van der Waals surface area contributed by atoms with Gasteiger partial charge in [0.25, 0.3) is 5.56 Å². The molecule has 0 aliphatic rings. The van der Waals surface area contributed by atoms with Crippen LogP contribution in [0, 0.1) is 0 Å². The summed E-state index contributed by atoms with van der Waals surface area (Å²) in [6.45, 7) is 0. The zero-order chi connectivity index (χ0) is 13.0. The van der Waals surface area contributed by atoms with Crippen molar-refractivity contribution in [2.45, 2.75) is 0 Å². The lowest BCUT2D eigenvalue weighted by Gasteiger charge is -1.99. The Morgan fingerprint density at radius 3 is 2.84 bits per heavy atom. The molecule has 2 aromatic carbocycles. The lowest BCUT2D eigenvalue weighted by Crippen LogP contribution is -2.15. The van der Waals surface area contributed by atoms with Crippen LogP contribution < -0.4 is 5.56 Å². The summed E-state index contributed by atoms with van der Waals surface area (Å²) in [5.41, 5.74) is 2.19. The van der Waals surface area contributed by atoms with Crippen LogP contribution in [-0.4, -0.2) is 14.6 Å². The number of fused-ring (bicyclic) bond motifs is 4. The van der Waals surface area contributed by atoms with Gasteiger partial charge in [-0.3, -0.25) is 9.89 Å². The molecule has 4 nitrogen and oxygen atoms in total. The predicted octanol–water partition coefficient (Wildman–Crippen LogP) is 3.09. The Bertz CT molecular complexity index is 1000. The topological polar surface area (TPSA) is 50.2 Å². The highest BCUT2D eigenvalue weighted by Gasteiger charge is 2.10. The molecular formula is C14H8BrN3O. The van der Waals surface area contributed by atoms with Crippen LogP contribution in [0.15, 0.2) is 51.7 Å². The van der Waals surface area contributed by atoms with Crippen molar-refractivity contribution in [3.63, 3.8) is 0 Å². The van der Waals surface area contributed by atoms with Crippen LogP contribution in [0.3, 0.4) is 0 Å². The molecule has 0 saturated carbocycles. The normalized spacial score (nSPS) is 11.6. The zero-order valence-electron chi connectivity index (χ0n) is 9.72. The second-order valence-electron chi connectivity index (χ2n) is 4.39. The lowest BCUT2D eigenvalue weighted by atomic mass is 10.2. The van der Waals surface area contributed by atoms with Gasteiger partial charge in [0.15, 0.2) is 5.65 Å². The van der Waals surface area contributed by atoms with E-state index in [9.17, 15) is 4.79 Å². The van der Waals surface area contributed by atoms with Crippen molar-refractivity contribution < 1.29 is 0 Å². The molecule has 0 aliphatic heterocycles. The van der Waals surface area contributed by atoms with E-state index in [1.165, 1.54) is 4.52 Å². The van der Waals surface area contributed by atoms with Crippen molar-refractivity contribution in [3.05, 3.63) is 57.3 Å². The van der Waals surface area contributed by atoms with Gasteiger partial charge in [-0.1, -0.05) is 28.1 Å². The predicted molar refractivity (Wildman–Crippen MR) is 78.5 cm³/mol. The van der Waals surface area contributed by atoms with E-state index in [2.05, 4.69) is 26.0 Å². The zero-order valence-corrected chi connectivity index (χ0v) is 11.3. The average Bonchev–Trinajstić information content (AvgIpc) is 2.79. The first kappa shape index (κ1) is 10.8. The number of aromatic amines is 1. The average molecular weight is 314 g/mol. The van der Waals surface area contributed by atoms with Crippen molar-refractivity contribution in [1.82, 2.24) is 14.6 Å². The van der Waals surface area contributed by atoms with Gasteiger partial charge in [0.1, 0.15) is 0 Å². The number of H-pyrrole nitrogens is 1. The second-order valence-corrected chi connectivity index (χ2v) is 5.31. The summed E-state index contributed by atoms with van der Waals surface area (Å²) >= 11 is 3.38. The molecule has 0 atom stereocenters. The standard InChI is InChI=1S/C14H8BrN3O/c15-8-5-6-11-10(7-8)14(19)18-13(16-11)9-3-1-2-4-12(9)17-18/h1-7,17H. The highest BCUT2D eigenvalue weighted by molar-refractivity contribution is 9.10. The second kappa shape index (κ2) is 3.68. The molecule has 92 valence electrons. The largest absolute Gasteiger partial charge is 0.289 e. The van der Waals surface area contributed by atoms with Crippen molar-refractivity contribution in [2.24, 2.45) is 0 Å². The first-order chi connectivity index (χ1) is 9.24.